The number of rotatable bonds is 7. The fraction of sp³-hybridized carbons (Fsp3) is 0.360. The van der Waals surface area contributed by atoms with Crippen molar-refractivity contribution in [1.29, 1.82) is 0 Å². The van der Waals surface area contributed by atoms with Crippen molar-refractivity contribution in [3.63, 3.8) is 0 Å². The first-order valence-electron chi connectivity index (χ1n) is 10.9. The van der Waals surface area contributed by atoms with Crippen LogP contribution in [0, 0.1) is 0 Å². The summed E-state index contributed by atoms with van der Waals surface area (Å²) in [7, 11) is 6.44. The molecule has 2 aromatic rings. The van der Waals surface area contributed by atoms with Gasteiger partial charge in [0.1, 0.15) is 18.1 Å². The molecule has 9 heteroatoms. The number of methoxy groups -OCH3 is 3. The second-order valence-corrected chi connectivity index (χ2v) is 8.02. The highest BCUT2D eigenvalue weighted by atomic mass is 16.5. The fourth-order valence-corrected chi connectivity index (χ4v) is 4.40. The van der Waals surface area contributed by atoms with E-state index < -0.39 is 17.7 Å². The van der Waals surface area contributed by atoms with Gasteiger partial charge in [0.15, 0.2) is 11.5 Å². The zero-order valence-corrected chi connectivity index (χ0v) is 19.7. The summed E-state index contributed by atoms with van der Waals surface area (Å²) in [6.07, 6.45) is 0. The van der Waals surface area contributed by atoms with Crippen LogP contribution in [0.25, 0.3) is 5.76 Å². The highest BCUT2D eigenvalue weighted by Crippen LogP contribution is 2.46. The molecule has 2 aliphatic heterocycles. The zero-order chi connectivity index (χ0) is 24.4. The van der Waals surface area contributed by atoms with Gasteiger partial charge in [-0.15, -0.1) is 0 Å². The maximum atomic E-state index is 13.2. The van der Waals surface area contributed by atoms with Gasteiger partial charge >= 0.3 is 0 Å². The van der Waals surface area contributed by atoms with Gasteiger partial charge in [-0.2, -0.15) is 0 Å². The van der Waals surface area contributed by atoms with Gasteiger partial charge in [-0.1, -0.05) is 12.1 Å². The smallest absolute Gasteiger partial charge is 0.295 e. The van der Waals surface area contributed by atoms with Crippen molar-refractivity contribution >= 4 is 23.1 Å². The highest BCUT2D eigenvalue weighted by molar-refractivity contribution is 6.46. The SMILES string of the molecule is COCCN1C(=O)C(=O)/C(=C(/O)c2ccc3c(c2)N(C)CCO3)C1c1cccc(OC)c1OC. The Morgan fingerprint density at radius 2 is 1.94 bits per heavy atom. The number of ketones is 1. The zero-order valence-electron chi connectivity index (χ0n) is 19.7. The molecule has 0 saturated carbocycles. The van der Waals surface area contributed by atoms with Crippen molar-refractivity contribution in [2.24, 2.45) is 0 Å². The molecular formula is C25H28N2O7. The molecule has 9 nitrogen and oxygen atoms in total. The number of hydrogen-bond donors (Lipinski definition) is 1. The number of likely N-dealkylation sites (N-methyl/N-ethyl adjacent to an activating group) is 1. The van der Waals surface area contributed by atoms with Gasteiger partial charge < -0.3 is 33.9 Å². The third kappa shape index (κ3) is 3.92. The molecule has 1 saturated heterocycles. The van der Waals surface area contributed by atoms with Gasteiger partial charge in [0.05, 0.1) is 44.7 Å². The van der Waals surface area contributed by atoms with Gasteiger partial charge in [-0.3, -0.25) is 9.59 Å². The Morgan fingerprint density at radius 1 is 1.15 bits per heavy atom. The molecule has 1 amide bonds. The van der Waals surface area contributed by atoms with E-state index in [-0.39, 0.29) is 24.5 Å². The molecule has 1 N–H and O–H groups in total. The Balaban J connectivity index is 1.91. The van der Waals surface area contributed by atoms with E-state index in [9.17, 15) is 14.7 Å². The molecule has 34 heavy (non-hydrogen) atoms. The van der Waals surface area contributed by atoms with Crippen LogP contribution in [0.1, 0.15) is 17.2 Å². The highest BCUT2D eigenvalue weighted by Gasteiger charge is 2.47. The lowest BCUT2D eigenvalue weighted by atomic mass is 9.94. The number of carbonyl (C=O) groups is 2. The second kappa shape index (κ2) is 9.64. The third-order valence-electron chi connectivity index (χ3n) is 6.13. The van der Waals surface area contributed by atoms with Crippen molar-refractivity contribution in [2.45, 2.75) is 6.04 Å². The topological polar surface area (TPSA) is 97.8 Å². The summed E-state index contributed by atoms with van der Waals surface area (Å²) in [6.45, 7) is 1.63. The van der Waals surface area contributed by atoms with Crippen LogP contribution < -0.4 is 19.1 Å². The van der Waals surface area contributed by atoms with E-state index in [0.717, 1.165) is 5.69 Å². The van der Waals surface area contributed by atoms with Gasteiger partial charge in [0.2, 0.25) is 0 Å². The lowest BCUT2D eigenvalue weighted by Crippen LogP contribution is -2.32. The molecule has 2 heterocycles. The van der Waals surface area contributed by atoms with Crippen LogP contribution in [0.5, 0.6) is 17.2 Å². The van der Waals surface area contributed by atoms with Crippen LogP contribution in [0.15, 0.2) is 42.0 Å². The van der Waals surface area contributed by atoms with E-state index in [1.54, 1.807) is 36.4 Å². The van der Waals surface area contributed by atoms with E-state index in [1.165, 1.54) is 26.2 Å². The molecular weight excluding hydrogens is 440 g/mol. The first-order chi connectivity index (χ1) is 16.4. The van der Waals surface area contributed by atoms with Gasteiger partial charge in [0, 0.05) is 31.8 Å². The van der Waals surface area contributed by atoms with Crippen molar-refractivity contribution in [1.82, 2.24) is 4.90 Å². The van der Waals surface area contributed by atoms with E-state index in [1.807, 2.05) is 11.9 Å². The molecule has 0 aliphatic carbocycles. The van der Waals surface area contributed by atoms with Crippen LogP contribution in [0.4, 0.5) is 5.69 Å². The summed E-state index contributed by atoms with van der Waals surface area (Å²) in [5.74, 6) is -0.238. The molecule has 4 rings (SSSR count). The lowest BCUT2D eigenvalue weighted by molar-refractivity contribution is -0.140. The maximum Gasteiger partial charge on any atom is 0.295 e. The van der Waals surface area contributed by atoms with Crippen LogP contribution >= 0.6 is 0 Å². The number of anilines is 1. The Hall–Kier alpha value is -3.72. The first kappa shape index (κ1) is 23.4. The second-order valence-electron chi connectivity index (χ2n) is 8.02. The minimum atomic E-state index is -0.884. The van der Waals surface area contributed by atoms with E-state index >= 15 is 0 Å². The molecule has 0 spiro atoms. The number of amides is 1. The molecule has 2 aliphatic rings. The normalized spacial score (nSPS) is 19.1. The first-order valence-corrected chi connectivity index (χ1v) is 10.9. The number of nitrogens with zero attached hydrogens (tertiary/aromatic N) is 2. The molecule has 0 radical (unpaired) electrons. The molecule has 180 valence electrons. The molecule has 2 aromatic carbocycles. The Kier molecular flexibility index (Phi) is 6.65. The minimum absolute atomic E-state index is 0.0213. The van der Waals surface area contributed by atoms with Crippen LogP contribution in [-0.2, 0) is 14.3 Å². The average Bonchev–Trinajstić information content (AvgIpc) is 3.11. The Morgan fingerprint density at radius 3 is 2.65 bits per heavy atom. The van der Waals surface area contributed by atoms with E-state index in [0.29, 0.717) is 41.5 Å². The largest absolute Gasteiger partial charge is 0.507 e. The summed E-state index contributed by atoms with van der Waals surface area (Å²) >= 11 is 0. The molecule has 1 unspecified atom stereocenters. The number of carbonyl (C=O) groups excluding carboxylic acids is 2. The number of ether oxygens (including phenoxy) is 4. The summed E-state index contributed by atoms with van der Waals surface area (Å²) in [5.41, 5.74) is 1.70. The quantitative estimate of drug-likeness (QED) is 0.376. The predicted molar refractivity (Wildman–Crippen MR) is 126 cm³/mol. The van der Waals surface area contributed by atoms with Crippen molar-refractivity contribution in [3.8, 4) is 17.2 Å². The number of fused-ring (bicyclic) bond motifs is 1. The van der Waals surface area contributed by atoms with Crippen LogP contribution in [0.2, 0.25) is 0 Å². The van der Waals surface area contributed by atoms with Crippen molar-refractivity contribution < 1.29 is 33.6 Å². The summed E-state index contributed by atoms with van der Waals surface area (Å²) in [5, 5.41) is 11.4. The molecule has 0 aromatic heterocycles. The molecule has 1 fully saturated rings. The van der Waals surface area contributed by atoms with Gasteiger partial charge in [0.25, 0.3) is 11.7 Å². The number of likely N-dealkylation sites (tertiary alicyclic amines) is 1. The number of hydrogen-bond acceptors (Lipinski definition) is 8. The Bertz CT molecular complexity index is 1140. The fourth-order valence-electron chi connectivity index (χ4n) is 4.40. The third-order valence-corrected chi connectivity index (χ3v) is 6.13. The number of Topliss-reactive ketones (excluding diaryl/α,β-unsaturated/α-hetero) is 1. The maximum absolute atomic E-state index is 13.2. The minimum Gasteiger partial charge on any atom is -0.507 e. The van der Waals surface area contributed by atoms with Crippen molar-refractivity contribution in [2.75, 3.05) is 59.6 Å². The number of aliphatic hydroxyl groups excluding tert-OH is 1. The van der Waals surface area contributed by atoms with Gasteiger partial charge in [-0.05, 0) is 24.3 Å². The van der Waals surface area contributed by atoms with Crippen molar-refractivity contribution in [3.05, 3.63) is 53.1 Å². The molecule has 0 bridgehead atoms. The number of para-hydroxylation sites is 1. The number of aliphatic hydroxyl groups is 1. The summed E-state index contributed by atoms with van der Waals surface area (Å²) in [6, 6.07) is 9.52. The van der Waals surface area contributed by atoms with Gasteiger partial charge in [-0.25, -0.2) is 0 Å². The van der Waals surface area contributed by atoms with Crippen LogP contribution in [-0.4, -0.2) is 76.4 Å². The monoisotopic (exact) mass is 468 g/mol. The number of benzene rings is 2. The Labute approximate surface area is 198 Å². The van der Waals surface area contributed by atoms with Crippen LogP contribution in [0.3, 0.4) is 0 Å². The average molecular weight is 469 g/mol. The lowest BCUT2D eigenvalue weighted by Gasteiger charge is -2.28. The standard InChI is InChI=1S/C25H28N2O7/c1-26-10-13-34-18-9-8-15(14-17(18)26)22(28)20-21(27(11-12-31-2)25(30)23(20)29)16-6-5-7-19(32-3)24(16)33-4/h5-9,14,21,28H,10-13H2,1-4H3/b22-20+. The summed E-state index contributed by atoms with van der Waals surface area (Å²) < 4.78 is 21.9. The predicted octanol–water partition coefficient (Wildman–Crippen LogP) is 2.60. The van der Waals surface area contributed by atoms with E-state index in [2.05, 4.69) is 0 Å². The van der Waals surface area contributed by atoms with E-state index in [4.69, 9.17) is 18.9 Å². The summed E-state index contributed by atoms with van der Waals surface area (Å²) in [4.78, 5) is 29.7. The molecule has 1 atom stereocenters.